The molecule has 1 aliphatic rings. The maximum absolute atomic E-state index is 12.3. The van der Waals surface area contributed by atoms with Crippen LogP contribution in [-0.2, 0) is 19.4 Å². The fraction of sp³-hybridized carbons (Fsp3) is 0.818. The molecule has 104 valence electrons. The molecule has 0 saturated carbocycles. The smallest absolute Gasteiger partial charge is 0.248 e. The molecule has 0 bridgehead atoms. The molecular formula is C11H20N2O4S. The Kier molecular flexibility index (Phi) is 4.05. The minimum Gasteiger partial charge on any atom is -0.342 e. The van der Waals surface area contributed by atoms with Crippen LogP contribution in [0.5, 0.6) is 0 Å². The molecule has 1 saturated heterocycles. The molecule has 7 heteroatoms. The number of rotatable bonds is 3. The average molecular weight is 276 g/mol. The summed E-state index contributed by atoms with van der Waals surface area (Å²) in [7, 11) is -3.16. The third-order valence-electron chi connectivity index (χ3n) is 2.90. The van der Waals surface area contributed by atoms with Gasteiger partial charge < -0.3 is 10.2 Å². The topological polar surface area (TPSA) is 83.6 Å². The summed E-state index contributed by atoms with van der Waals surface area (Å²) in [6.45, 7) is 5.19. The maximum atomic E-state index is 12.3. The first-order valence-electron chi connectivity index (χ1n) is 5.83. The first kappa shape index (κ1) is 14.9. The summed E-state index contributed by atoms with van der Waals surface area (Å²) in [5.41, 5.74) is -0.987. The Bertz CT molecular complexity index is 456. The van der Waals surface area contributed by atoms with Gasteiger partial charge in [-0.25, -0.2) is 8.42 Å². The zero-order valence-electron chi connectivity index (χ0n) is 11.2. The van der Waals surface area contributed by atoms with Crippen LogP contribution in [0.1, 0.15) is 27.2 Å². The Morgan fingerprint density at radius 1 is 1.39 bits per heavy atom. The highest BCUT2D eigenvalue weighted by Crippen LogP contribution is 2.16. The number of hydrogen-bond acceptors (Lipinski definition) is 4. The number of hydrogen-bond donors (Lipinski definition) is 1. The van der Waals surface area contributed by atoms with Gasteiger partial charge in [-0.2, -0.15) is 0 Å². The largest absolute Gasteiger partial charge is 0.342 e. The SMILES string of the molecule is CC(CS(C)(=O)=O)N1CCC(=O)NC(C)(C)C1=O. The van der Waals surface area contributed by atoms with E-state index in [1.54, 1.807) is 20.8 Å². The molecule has 0 aromatic rings. The van der Waals surface area contributed by atoms with Gasteiger partial charge in [0, 0.05) is 25.3 Å². The van der Waals surface area contributed by atoms with E-state index in [0.717, 1.165) is 6.26 Å². The first-order chi connectivity index (χ1) is 8.03. The van der Waals surface area contributed by atoms with Crippen molar-refractivity contribution in [1.29, 1.82) is 0 Å². The van der Waals surface area contributed by atoms with E-state index < -0.39 is 21.4 Å². The van der Waals surface area contributed by atoms with E-state index in [2.05, 4.69) is 5.32 Å². The predicted molar refractivity (Wildman–Crippen MR) is 67.7 cm³/mol. The monoisotopic (exact) mass is 276 g/mol. The van der Waals surface area contributed by atoms with Crippen LogP contribution in [0.3, 0.4) is 0 Å². The van der Waals surface area contributed by atoms with Crippen molar-refractivity contribution in [2.24, 2.45) is 0 Å². The quantitative estimate of drug-likeness (QED) is 0.756. The molecule has 6 nitrogen and oxygen atoms in total. The van der Waals surface area contributed by atoms with Crippen molar-refractivity contribution in [3.8, 4) is 0 Å². The second kappa shape index (κ2) is 4.87. The van der Waals surface area contributed by atoms with Gasteiger partial charge in [0.25, 0.3) is 0 Å². The fourth-order valence-corrected chi connectivity index (χ4v) is 3.15. The minimum absolute atomic E-state index is 0.0942. The van der Waals surface area contributed by atoms with Crippen LogP contribution >= 0.6 is 0 Å². The fourth-order valence-electron chi connectivity index (χ4n) is 2.10. The van der Waals surface area contributed by atoms with Gasteiger partial charge in [-0.15, -0.1) is 0 Å². The van der Waals surface area contributed by atoms with Crippen LogP contribution < -0.4 is 5.32 Å². The molecule has 1 N–H and O–H groups in total. The van der Waals surface area contributed by atoms with Crippen molar-refractivity contribution in [1.82, 2.24) is 10.2 Å². The van der Waals surface area contributed by atoms with Crippen LogP contribution in [0, 0.1) is 0 Å². The van der Waals surface area contributed by atoms with E-state index in [0.29, 0.717) is 0 Å². The van der Waals surface area contributed by atoms with Gasteiger partial charge in [-0.1, -0.05) is 0 Å². The molecule has 0 aliphatic carbocycles. The summed E-state index contributed by atoms with van der Waals surface area (Å²) in [5.74, 6) is -0.532. The number of amides is 2. The molecule has 18 heavy (non-hydrogen) atoms. The molecule has 1 atom stereocenters. The Labute approximate surface area is 108 Å². The van der Waals surface area contributed by atoms with Crippen LogP contribution in [0.2, 0.25) is 0 Å². The maximum Gasteiger partial charge on any atom is 0.248 e. The van der Waals surface area contributed by atoms with Gasteiger partial charge >= 0.3 is 0 Å². The zero-order chi connectivity index (χ0) is 14.1. The lowest BCUT2D eigenvalue weighted by molar-refractivity contribution is -0.138. The highest BCUT2D eigenvalue weighted by Gasteiger charge is 2.38. The van der Waals surface area contributed by atoms with Crippen molar-refractivity contribution >= 4 is 21.7 Å². The van der Waals surface area contributed by atoms with Crippen LogP contribution in [0.15, 0.2) is 0 Å². The summed E-state index contributed by atoms with van der Waals surface area (Å²) in [6.07, 6.45) is 1.34. The summed E-state index contributed by atoms with van der Waals surface area (Å²) in [6, 6.07) is -0.431. The second-order valence-corrected chi connectivity index (χ2v) is 7.55. The number of carbonyl (C=O) groups excluding carboxylic acids is 2. The van der Waals surface area contributed by atoms with Crippen LogP contribution in [0.4, 0.5) is 0 Å². The predicted octanol–water partition coefficient (Wildman–Crippen LogP) is -0.453. The highest BCUT2D eigenvalue weighted by molar-refractivity contribution is 7.90. The lowest BCUT2D eigenvalue weighted by Gasteiger charge is -2.32. The molecule has 1 heterocycles. The first-order valence-corrected chi connectivity index (χ1v) is 7.89. The molecule has 0 aromatic carbocycles. The third kappa shape index (κ3) is 3.69. The average Bonchev–Trinajstić information content (AvgIpc) is 2.22. The zero-order valence-corrected chi connectivity index (χ0v) is 12.0. The van der Waals surface area contributed by atoms with Crippen LogP contribution in [0.25, 0.3) is 0 Å². The van der Waals surface area contributed by atoms with E-state index in [1.807, 2.05) is 0 Å². The molecule has 0 radical (unpaired) electrons. The Morgan fingerprint density at radius 3 is 2.44 bits per heavy atom. The number of nitrogens with zero attached hydrogens (tertiary/aromatic N) is 1. The highest BCUT2D eigenvalue weighted by atomic mass is 32.2. The van der Waals surface area contributed by atoms with E-state index >= 15 is 0 Å². The normalized spacial score (nSPS) is 22.3. The van der Waals surface area contributed by atoms with Crippen LogP contribution in [-0.4, -0.2) is 55.3 Å². The summed E-state index contributed by atoms with van der Waals surface area (Å²) >= 11 is 0. The van der Waals surface area contributed by atoms with Gasteiger partial charge in [0.15, 0.2) is 0 Å². The standard InChI is InChI=1S/C11H20N2O4S/c1-8(7-18(4,16)17)13-6-5-9(14)12-11(2,3)10(13)15/h8H,5-7H2,1-4H3,(H,12,14). The van der Waals surface area contributed by atoms with Crippen molar-refractivity contribution in [2.45, 2.75) is 38.8 Å². The molecular weight excluding hydrogens is 256 g/mol. The summed E-state index contributed by atoms with van der Waals surface area (Å²) in [4.78, 5) is 25.2. The third-order valence-corrected chi connectivity index (χ3v) is 3.99. The number of nitrogens with one attached hydrogen (secondary N) is 1. The summed E-state index contributed by atoms with van der Waals surface area (Å²) < 4.78 is 22.6. The van der Waals surface area contributed by atoms with Gasteiger partial charge in [0.05, 0.1) is 5.75 Å². The molecule has 1 unspecified atom stereocenters. The van der Waals surface area contributed by atoms with E-state index in [9.17, 15) is 18.0 Å². The van der Waals surface area contributed by atoms with Gasteiger partial charge in [0.2, 0.25) is 11.8 Å². The molecule has 1 aliphatic heterocycles. The second-order valence-electron chi connectivity index (χ2n) is 5.36. The molecule has 0 spiro atoms. The number of carbonyl (C=O) groups is 2. The lowest BCUT2D eigenvalue weighted by atomic mass is 10.0. The van der Waals surface area contributed by atoms with E-state index in [1.165, 1.54) is 4.90 Å². The van der Waals surface area contributed by atoms with Gasteiger partial charge in [-0.05, 0) is 20.8 Å². The van der Waals surface area contributed by atoms with E-state index in [4.69, 9.17) is 0 Å². The Morgan fingerprint density at radius 2 is 1.94 bits per heavy atom. The van der Waals surface area contributed by atoms with Gasteiger partial charge in [0.1, 0.15) is 15.4 Å². The van der Waals surface area contributed by atoms with Gasteiger partial charge in [-0.3, -0.25) is 9.59 Å². The Balaban J connectivity index is 2.93. The number of sulfone groups is 1. The lowest BCUT2D eigenvalue weighted by Crippen LogP contribution is -2.55. The van der Waals surface area contributed by atoms with Crippen molar-refractivity contribution < 1.29 is 18.0 Å². The molecule has 1 rings (SSSR count). The Hall–Kier alpha value is -1.11. The van der Waals surface area contributed by atoms with E-state index in [-0.39, 0.29) is 30.5 Å². The van der Waals surface area contributed by atoms with Crippen molar-refractivity contribution in [3.63, 3.8) is 0 Å². The summed E-state index contributed by atoms with van der Waals surface area (Å²) in [5, 5.41) is 2.64. The molecule has 0 aromatic heterocycles. The van der Waals surface area contributed by atoms with Crippen molar-refractivity contribution in [2.75, 3.05) is 18.6 Å². The van der Waals surface area contributed by atoms with Crippen molar-refractivity contribution in [3.05, 3.63) is 0 Å². The minimum atomic E-state index is -3.16. The molecule has 1 fully saturated rings. The molecule has 2 amide bonds.